The summed E-state index contributed by atoms with van der Waals surface area (Å²) < 4.78 is 0. The Morgan fingerprint density at radius 2 is 1.55 bits per heavy atom. The van der Waals surface area contributed by atoms with Crippen molar-refractivity contribution in [2.75, 3.05) is 0 Å². The van der Waals surface area contributed by atoms with Crippen molar-refractivity contribution in [3.8, 4) is 11.8 Å². The molecule has 1 aromatic rings. The number of hydrogen-bond donors (Lipinski definition) is 3. The Morgan fingerprint density at radius 1 is 1.09 bits per heavy atom. The topological polar surface area (TPSA) is 56.2 Å². The fourth-order valence-electron chi connectivity index (χ4n) is 1.49. The van der Waals surface area contributed by atoms with Crippen LogP contribution in [0.3, 0.4) is 0 Å². The lowest BCUT2D eigenvalue weighted by Crippen LogP contribution is -1.78. The third-order valence-corrected chi connectivity index (χ3v) is 2.03. The second kappa shape index (κ2) is 1.81. The second-order valence-electron chi connectivity index (χ2n) is 2.88. The minimum atomic E-state index is 0.0798. The molecular formula is C8H9NO2. The highest BCUT2D eigenvalue weighted by atomic mass is 16.3. The molecule has 1 aliphatic rings. The normalized spacial score (nSPS) is 15.5. The van der Waals surface area contributed by atoms with Gasteiger partial charge in [0.25, 0.3) is 0 Å². The minimum absolute atomic E-state index is 0.0798. The zero-order chi connectivity index (χ0) is 8.01. The van der Waals surface area contributed by atoms with Crippen LogP contribution in [0.2, 0.25) is 0 Å². The van der Waals surface area contributed by atoms with E-state index in [1.54, 1.807) is 0 Å². The van der Waals surface area contributed by atoms with Gasteiger partial charge in [-0.3, -0.25) is 4.98 Å². The minimum Gasteiger partial charge on any atom is -0.494 e. The van der Waals surface area contributed by atoms with Crippen LogP contribution in [0, 0.1) is 0 Å². The van der Waals surface area contributed by atoms with Gasteiger partial charge >= 0.3 is 0 Å². The molecule has 2 rings (SSSR count). The first-order valence-corrected chi connectivity index (χ1v) is 3.46. The van der Waals surface area contributed by atoms with Gasteiger partial charge in [-0.1, -0.05) is 12.2 Å². The van der Waals surface area contributed by atoms with Gasteiger partial charge in [-0.05, 0) is 12.8 Å². The van der Waals surface area contributed by atoms with Crippen molar-refractivity contribution < 1.29 is 10.2 Å². The molecule has 1 aliphatic carbocycles. The SMILES string of the molecule is C=C1Cc2c(O)[nH]c(O)c2C1. The molecule has 0 atom stereocenters. The average molecular weight is 151 g/mol. The van der Waals surface area contributed by atoms with Gasteiger partial charge in [0.15, 0.2) is 11.8 Å². The van der Waals surface area contributed by atoms with Crippen molar-refractivity contribution >= 4 is 0 Å². The fraction of sp³-hybridized carbons (Fsp3) is 0.250. The third kappa shape index (κ3) is 0.738. The highest BCUT2D eigenvalue weighted by molar-refractivity contribution is 5.51. The van der Waals surface area contributed by atoms with Crippen LogP contribution in [-0.4, -0.2) is 15.2 Å². The van der Waals surface area contributed by atoms with Crippen molar-refractivity contribution in [3.05, 3.63) is 23.3 Å². The Labute approximate surface area is 64.0 Å². The first-order valence-electron chi connectivity index (χ1n) is 3.46. The standard InChI is InChI=1S/C8H9NO2/c1-4-2-5-6(3-4)8(11)9-7(5)10/h9-11H,1-3H2. The van der Waals surface area contributed by atoms with Crippen LogP contribution in [-0.2, 0) is 12.8 Å². The van der Waals surface area contributed by atoms with Crippen LogP contribution in [0.15, 0.2) is 12.2 Å². The van der Waals surface area contributed by atoms with Crippen molar-refractivity contribution in [1.82, 2.24) is 4.98 Å². The van der Waals surface area contributed by atoms with E-state index in [-0.39, 0.29) is 11.8 Å². The summed E-state index contributed by atoms with van der Waals surface area (Å²) in [6.45, 7) is 3.79. The molecule has 0 fully saturated rings. The summed E-state index contributed by atoms with van der Waals surface area (Å²) in [7, 11) is 0. The van der Waals surface area contributed by atoms with Gasteiger partial charge < -0.3 is 10.2 Å². The molecule has 0 unspecified atom stereocenters. The molecule has 1 aromatic heterocycles. The Kier molecular flexibility index (Phi) is 1.04. The summed E-state index contributed by atoms with van der Waals surface area (Å²) >= 11 is 0. The number of fused-ring (bicyclic) bond motifs is 1. The van der Waals surface area contributed by atoms with Crippen molar-refractivity contribution in [2.24, 2.45) is 0 Å². The number of hydrogen-bond acceptors (Lipinski definition) is 2. The molecular weight excluding hydrogens is 142 g/mol. The predicted octanol–water partition coefficient (Wildman–Crippen LogP) is 1.08. The summed E-state index contributed by atoms with van der Waals surface area (Å²) in [4.78, 5) is 2.47. The average Bonchev–Trinajstić information content (AvgIpc) is 2.38. The summed E-state index contributed by atoms with van der Waals surface area (Å²) in [6.07, 6.45) is 1.36. The van der Waals surface area contributed by atoms with Crippen LogP contribution in [0.5, 0.6) is 11.8 Å². The van der Waals surface area contributed by atoms with E-state index in [4.69, 9.17) is 0 Å². The Hall–Kier alpha value is -1.38. The summed E-state index contributed by atoms with van der Waals surface area (Å²) in [6, 6.07) is 0. The maximum absolute atomic E-state index is 9.21. The molecule has 0 saturated carbocycles. The lowest BCUT2D eigenvalue weighted by molar-refractivity contribution is 0.421. The Balaban J connectivity index is 2.59. The first kappa shape index (κ1) is 6.34. The van der Waals surface area contributed by atoms with E-state index in [0.717, 1.165) is 16.7 Å². The molecule has 0 radical (unpaired) electrons. The highest BCUT2D eigenvalue weighted by Gasteiger charge is 2.23. The monoisotopic (exact) mass is 151 g/mol. The fourth-order valence-corrected chi connectivity index (χ4v) is 1.49. The first-order chi connectivity index (χ1) is 5.18. The van der Waals surface area contributed by atoms with Gasteiger partial charge in [-0.2, -0.15) is 0 Å². The largest absolute Gasteiger partial charge is 0.494 e. The zero-order valence-electron chi connectivity index (χ0n) is 6.02. The number of rotatable bonds is 0. The van der Waals surface area contributed by atoms with Crippen LogP contribution in [0.1, 0.15) is 11.1 Å². The van der Waals surface area contributed by atoms with E-state index in [9.17, 15) is 10.2 Å². The Bertz CT molecular complexity index is 297. The van der Waals surface area contributed by atoms with Gasteiger partial charge in [0.2, 0.25) is 0 Å². The molecule has 3 heteroatoms. The van der Waals surface area contributed by atoms with E-state index in [1.165, 1.54) is 0 Å². The van der Waals surface area contributed by atoms with E-state index in [0.29, 0.717) is 12.8 Å². The number of H-pyrrole nitrogens is 1. The van der Waals surface area contributed by atoms with Crippen molar-refractivity contribution in [3.63, 3.8) is 0 Å². The number of aromatic hydroxyl groups is 2. The van der Waals surface area contributed by atoms with Crippen LogP contribution < -0.4 is 0 Å². The lowest BCUT2D eigenvalue weighted by Gasteiger charge is -1.91. The molecule has 1 heterocycles. The molecule has 0 aromatic carbocycles. The molecule has 0 saturated heterocycles. The number of aromatic nitrogens is 1. The molecule has 0 amide bonds. The van der Waals surface area contributed by atoms with Crippen LogP contribution in [0.25, 0.3) is 0 Å². The van der Waals surface area contributed by atoms with Crippen molar-refractivity contribution in [1.29, 1.82) is 0 Å². The lowest BCUT2D eigenvalue weighted by atomic mass is 10.2. The van der Waals surface area contributed by atoms with Crippen molar-refractivity contribution in [2.45, 2.75) is 12.8 Å². The quantitative estimate of drug-likeness (QED) is 0.486. The smallest absolute Gasteiger partial charge is 0.195 e. The van der Waals surface area contributed by atoms with Gasteiger partial charge in [0.05, 0.1) is 0 Å². The summed E-state index contributed by atoms with van der Waals surface area (Å²) in [5.41, 5.74) is 2.63. The maximum Gasteiger partial charge on any atom is 0.195 e. The third-order valence-electron chi connectivity index (χ3n) is 2.03. The van der Waals surface area contributed by atoms with E-state index in [2.05, 4.69) is 11.6 Å². The Morgan fingerprint density at radius 3 is 2.00 bits per heavy atom. The molecule has 3 nitrogen and oxygen atoms in total. The van der Waals surface area contributed by atoms with Gasteiger partial charge in [-0.25, -0.2) is 0 Å². The molecule has 3 N–H and O–H groups in total. The van der Waals surface area contributed by atoms with E-state index >= 15 is 0 Å². The highest BCUT2D eigenvalue weighted by Crippen LogP contribution is 2.37. The van der Waals surface area contributed by atoms with E-state index in [1.807, 2.05) is 0 Å². The van der Waals surface area contributed by atoms with E-state index < -0.39 is 0 Å². The van der Waals surface area contributed by atoms with Gasteiger partial charge in [0, 0.05) is 11.1 Å². The van der Waals surface area contributed by atoms with Gasteiger partial charge in [0.1, 0.15) is 0 Å². The molecule has 58 valence electrons. The van der Waals surface area contributed by atoms with Crippen LogP contribution in [0.4, 0.5) is 0 Å². The molecule has 0 spiro atoms. The van der Waals surface area contributed by atoms with Crippen LogP contribution >= 0.6 is 0 Å². The predicted molar refractivity (Wildman–Crippen MR) is 40.7 cm³/mol. The zero-order valence-corrected chi connectivity index (χ0v) is 6.02. The molecule has 0 aliphatic heterocycles. The number of allylic oxidation sites excluding steroid dienone is 1. The molecule has 11 heavy (non-hydrogen) atoms. The summed E-state index contributed by atoms with van der Waals surface area (Å²) in [5.74, 6) is 0.160. The number of aromatic amines is 1. The molecule has 0 bridgehead atoms. The second-order valence-corrected chi connectivity index (χ2v) is 2.88. The maximum atomic E-state index is 9.21. The van der Waals surface area contributed by atoms with Gasteiger partial charge in [-0.15, -0.1) is 0 Å². The summed E-state index contributed by atoms with van der Waals surface area (Å²) in [5, 5.41) is 18.4. The number of nitrogens with one attached hydrogen (secondary N) is 1.